The van der Waals surface area contributed by atoms with Crippen molar-refractivity contribution in [2.45, 2.75) is 27.3 Å². The van der Waals surface area contributed by atoms with Crippen LogP contribution in [0.2, 0.25) is 0 Å². The van der Waals surface area contributed by atoms with Crippen molar-refractivity contribution in [2.75, 3.05) is 12.4 Å². The Morgan fingerprint density at radius 1 is 0.968 bits per heavy atom. The second-order valence-corrected chi connectivity index (χ2v) is 7.65. The number of hydrogen-bond acceptors (Lipinski definition) is 5. The lowest BCUT2D eigenvalue weighted by Crippen LogP contribution is -2.31. The van der Waals surface area contributed by atoms with Gasteiger partial charge in [0.05, 0.1) is 31.2 Å². The zero-order valence-corrected chi connectivity index (χ0v) is 18.0. The molecular weight excluding hydrogens is 392 g/mol. The first-order chi connectivity index (χ1) is 14.9. The van der Waals surface area contributed by atoms with E-state index in [2.05, 4.69) is 5.32 Å². The monoisotopic (exact) mass is 416 g/mol. The van der Waals surface area contributed by atoms with Gasteiger partial charge < -0.3 is 14.5 Å². The number of benzene rings is 2. The van der Waals surface area contributed by atoms with E-state index in [1.54, 1.807) is 19.2 Å². The standard InChI is InChI=1S/C25H24N2O4/c1-15-7-10-21(30-4)20(12-15)26-23-22(18-9-8-16(2)17(3)13-18)24(28)27(25(23)29)14-19-6-5-11-31-19/h5-13,26H,14H2,1-4H3. The van der Waals surface area contributed by atoms with Crippen molar-refractivity contribution < 1.29 is 18.7 Å². The fourth-order valence-corrected chi connectivity index (χ4v) is 3.61. The van der Waals surface area contributed by atoms with Crippen LogP contribution in [0.25, 0.3) is 5.57 Å². The van der Waals surface area contributed by atoms with Gasteiger partial charge in [0.2, 0.25) is 0 Å². The van der Waals surface area contributed by atoms with Gasteiger partial charge in [-0.25, -0.2) is 0 Å². The van der Waals surface area contributed by atoms with Crippen LogP contribution in [-0.2, 0) is 16.1 Å². The van der Waals surface area contributed by atoms with Gasteiger partial charge in [0.1, 0.15) is 17.2 Å². The molecule has 0 aliphatic carbocycles. The zero-order chi connectivity index (χ0) is 22.1. The predicted molar refractivity (Wildman–Crippen MR) is 118 cm³/mol. The summed E-state index contributed by atoms with van der Waals surface area (Å²) in [4.78, 5) is 28.0. The Labute approximate surface area is 181 Å². The summed E-state index contributed by atoms with van der Waals surface area (Å²) < 4.78 is 10.8. The average molecular weight is 416 g/mol. The quantitative estimate of drug-likeness (QED) is 0.595. The maximum absolute atomic E-state index is 13.4. The van der Waals surface area contributed by atoms with Crippen molar-refractivity contribution in [3.8, 4) is 5.75 Å². The molecule has 0 unspecified atom stereocenters. The molecule has 3 aromatic rings. The third kappa shape index (κ3) is 3.84. The number of aryl methyl sites for hydroxylation is 3. The number of nitrogens with zero attached hydrogens (tertiary/aromatic N) is 1. The van der Waals surface area contributed by atoms with Gasteiger partial charge in [-0.2, -0.15) is 0 Å². The lowest BCUT2D eigenvalue weighted by atomic mass is 9.99. The van der Waals surface area contributed by atoms with Crippen LogP contribution < -0.4 is 10.1 Å². The number of nitrogens with one attached hydrogen (secondary N) is 1. The maximum Gasteiger partial charge on any atom is 0.278 e. The molecule has 4 rings (SSSR count). The highest BCUT2D eigenvalue weighted by Gasteiger charge is 2.40. The molecule has 2 heterocycles. The molecule has 0 fully saturated rings. The summed E-state index contributed by atoms with van der Waals surface area (Å²) in [5, 5.41) is 3.19. The van der Waals surface area contributed by atoms with Crippen molar-refractivity contribution in [3.05, 3.63) is 88.5 Å². The molecule has 0 saturated carbocycles. The van der Waals surface area contributed by atoms with E-state index in [0.717, 1.165) is 16.7 Å². The summed E-state index contributed by atoms with van der Waals surface area (Å²) in [5.41, 5.74) is 5.04. The van der Waals surface area contributed by atoms with Crippen molar-refractivity contribution in [3.63, 3.8) is 0 Å². The summed E-state index contributed by atoms with van der Waals surface area (Å²) >= 11 is 0. The molecule has 0 radical (unpaired) electrons. The third-order valence-electron chi connectivity index (χ3n) is 5.47. The second-order valence-electron chi connectivity index (χ2n) is 7.65. The molecule has 1 N–H and O–H groups in total. The molecule has 0 bridgehead atoms. The first-order valence-corrected chi connectivity index (χ1v) is 10.0. The first kappa shape index (κ1) is 20.5. The highest BCUT2D eigenvalue weighted by atomic mass is 16.5. The highest BCUT2D eigenvalue weighted by Crippen LogP contribution is 2.35. The minimum atomic E-state index is -0.404. The number of furan rings is 1. The van der Waals surface area contributed by atoms with E-state index in [4.69, 9.17) is 9.15 Å². The number of carbonyl (C=O) groups is 2. The van der Waals surface area contributed by atoms with Gasteiger partial charge >= 0.3 is 0 Å². The predicted octanol–water partition coefficient (Wildman–Crippen LogP) is 4.61. The molecule has 0 atom stereocenters. The molecule has 0 spiro atoms. The lowest BCUT2D eigenvalue weighted by Gasteiger charge is -2.15. The van der Waals surface area contributed by atoms with Gasteiger partial charge in [0, 0.05) is 0 Å². The highest BCUT2D eigenvalue weighted by molar-refractivity contribution is 6.36. The molecule has 2 amide bonds. The van der Waals surface area contributed by atoms with Crippen LogP contribution in [0.15, 0.2) is 64.9 Å². The number of imide groups is 1. The molecule has 6 nitrogen and oxygen atoms in total. The van der Waals surface area contributed by atoms with Crippen molar-refractivity contribution in [2.24, 2.45) is 0 Å². The minimum Gasteiger partial charge on any atom is -0.495 e. The number of hydrogen-bond donors (Lipinski definition) is 1. The minimum absolute atomic E-state index is 0.0646. The van der Waals surface area contributed by atoms with E-state index in [1.165, 1.54) is 11.2 Å². The molecule has 31 heavy (non-hydrogen) atoms. The molecule has 0 saturated heterocycles. The van der Waals surface area contributed by atoms with Gasteiger partial charge in [-0.05, 0) is 67.3 Å². The Morgan fingerprint density at radius 2 is 1.77 bits per heavy atom. The number of ether oxygens (including phenoxy) is 1. The summed E-state index contributed by atoms with van der Waals surface area (Å²) in [6.07, 6.45) is 1.52. The average Bonchev–Trinajstić information content (AvgIpc) is 3.34. The van der Waals surface area contributed by atoms with Crippen LogP contribution in [0.5, 0.6) is 5.75 Å². The van der Waals surface area contributed by atoms with Gasteiger partial charge in [0.25, 0.3) is 11.8 Å². The maximum atomic E-state index is 13.4. The Bertz CT molecular complexity index is 1190. The third-order valence-corrected chi connectivity index (χ3v) is 5.47. The zero-order valence-electron chi connectivity index (χ0n) is 18.0. The summed E-state index contributed by atoms with van der Waals surface area (Å²) in [6.45, 7) is 6.01. The molecule has 1 aliphatic heterocycles. The van der Waals surface area contributed by atoms with E-state index >= 15 is 0 Å². The Morgan fingerprint density at radius 3 is 2.45 bits per heavy atom. The summed E-state index contributed by atoms with van der Waals surface area (Å²) in [6, 6.07) is 14.9. The van der Waals surface area contributed by atoms with Crippen molar-refractivity contribution in [1.29, 1.82) is 0 Å². The molecule has 158 valence electrons. The van der Waals surface area contributed by atoms with Crippen molar-refractivity contribution in [1.82, 2.24) is 4.90 Å². The summed E-state index contributed by atoms with van der Waals surface area (Å²) in [7, 11) is 1.57. The number of methoxy groups -OCH3 is 1. The van der Waals surface area contributed by atoms with E-state index in [9.17, 15) is 9.59 Å². The van der Waals surface area contributed by atoms with Gasteiger partial charge in [-0.3, -0.25) is 14.5 Å². The SMILES string of the molecule is COc1ccc(C)cc1NC1=C(c2ccc(C)c(C)c2)C(=O)N(Cc2ccco2)C1=O. The van der Waals surface area contributed by atoms with Gasteiger partial charge in [-0.15, -0.1) is 0 Å². The van der Waals surface area contributed by atoms with Crippen LogP contribution in [0.1, 0.15) is 28.0 Å². The number of rotatable bonds is 6. The Balaban J connectivity index is 1.81. The van der Waals surface area contributed by atoms with Gasteiger partial charge in [0.15, 0.2) is 0 Å². The number of anilines is 1. The molecule has 1 aliphatic rings. The fourth-order valence-electron chi connectivity index (χ4n) is 3.61. The van der Waals surface area contributed by atoms with Crippen LogP contribution in [0, 0.1) is 20.8 Å². The topological polar surface area (TPSA) is 71.8 Å². The molecule has 2 aromatic carbocycles. The van der Waals surface area contributed by atoms with Crippen LogP contribution in [0.4, 0.5) is 5.69 Å². The fraction of sp³-hybridized carbons (Fsp3) is 0.200. The second kappa shape index (κ2) is 8.14. The van der Waals surface area contributed by atoms with E-state index in [0.29, 0.717) is 28.3 Å². The molecular formula is C25H24N2O4. The smallest absolute Gasteiger partial charge is 0.278 e. The van der Waals surface area contributed by atoms with Crippen LogP contribution in [-0.4, -0.2) is 23.8 Å². The Kier molecular flexibility index (Phi) is 5.38. The summed E-state index contributed by atoms with van der Waals surface area (Å²) in [5.74, 6) is 0.356. The molecule has 6 heteroatoms. The lowest BCUT2D eigenvalue weighted by molar-refractivity contribution is -0.137. The first-order valence-electron chi connectivity index (χ1n) is 10.0. The Hall–Kier alpha value is -3.80. The normalized spacial score (nSPS) is 13.9. The van der Waals surface area contributed by atoms with E-state index in [-0.39, 0.29) is 18.1 Å². The van der Waals surface area contributed by atoms with E-state index < -0.39 is 5.91 Å². The number of carbonyl (C=O) groups excluding carboxylic acids is 2. The largest absolute Gasteiger partial charge is 0.495 e. The molecule has 1 aromatic heterocycles. The number of amides is 2. The van der Waals surface area contributed by atoms with Crippen molar-refractivity contribution >= 4 is 23.1 Å². The van der Waals surface area contributed by atoms with Crippen LogP contribution in [0.3, 0.4) is 0 Å². The van der Waals surface area contributed by atoms with Crippen LogP contribution >= 0.6 is 0 Å². The van der Waals surface area contributed by atoms with Gasteiger partial charge in [-0.1, -0.05) is 24.3 Å². The van der Waals surface area contributed by atoms with E-state index in [1.807, 2.05) is 57.2 Å².